The summed E-state index contributed by atoms with van der Waals surface area (Å²) in [6.07, 6.45) is 0. The number of pyridine rings is 1. The van der Waals surface area contributed by atoms with Crippen molar-refractivity contribution in [3.63, 3.8) is 0 Å². The molecule has 2 heterocycles. The number of amides is 1. The highest BCUT2D eigenvalue weighted by molar-refractivity contribution is 9.10. The van der Waals surface area contributed by atoms with Gasteiger partial charge in [0.2, 0.25) is 0 Å². The highest BCUT2D eigenvalue weighted by atomic mass is 79.9. The van der Waals surface area contributed by atoms with Crippen molar-refractivity contribution in [3.8, 4) is 0 Å². The highest BCUT2D eigenvalue weighted by Crippen LogP contribution is 2.23. The summed E-state index contributed by atoms with van der Waals surface area (Å²) in [5.74, 6) is -0.169. The van der Waals surface area contributed by atoms with E-state index in [4.69, 9.17) is 5.73 Å². The number of halogens is 1. The van der Waals surface area contributed by atoms with Crippen molar-refractivity contribution in [1.82, 2.24) is 15.2 Å². The van der Waals surface area contributed by atoms with E-state index in [1.54, 1.807) is 12.1 Å². The van der Waals surface area contributed by atoms with Gasteiger partial charge in [0, 0.05) is 0 Å². The molecule has 0 aromatic carbocycles. The minimum Gasteiger partial charge on any atom is -0.395 e. The highest BCUT2D eigenvalue weighted by Gasteiger charge is 2.19. The van der Waals surface area contributed by atoms with Crippen molar-refractivity contribution in [2.24, 2.45) is 0 Å². The number of carbonyl (C=O) groups excluding carboxylic acids is 1. The van der Waals surface area contributed by atoms with Crippen molar-refractivity contribution in [3.05, 3.63) is 33.8 Å². The van der Waals surface area contributed by atoms with Crippen LogP contribution in [0.1, 0.15) is 41.6 Å². The third-order valence-electron chi connectivity index (χ3n) is 2.93. The van der Waals surface area contributed by atoms with E-state index in [1.807, 2.05) is 20.8 Å². The van der Waals surface area contributed by atoms with E-state index < -0.39 is 0 Å². The Kier molecular flexibility index (Phi) is 4.08. The van der Waals surface area contributed by atoms with Gasteiger partial charge in [-0.1, -0.05) is 13.8 Å². The Balaban J connectivity index is 2.24. The average molecular weight is 338 g/mol. The van der Waals surface area contributed by atoms with Gasteiger partial charge in [0.05, 0.1) is 22.8 Å². The first kappa shape index (κ1) is 14.5. The largest absolute Gasteiger partial charge is 0.395 e. The third kappa shape index (κ3) is 2.82. The second-order valence-corrected chi connectivity index (χ2v) is 5.59. The van der Waals surface area contributed by atoms with Crippen LogP contribution in [0.3, 0.4) is 0 Å². The van der Waals surface area contributed by atoms with Gasteiger partial charge in [-0.3, -0.25) is 9.89 Å². The van der Waals surface area contributed by atoms with E-state index in [0.717, 1.165) is 10.3 Å². The zero-order valence-electron chi connectivity index (χ0n) is 11.5. The fraction of sp³-hybridized carbons (Fsp3) is 0.308. The lowest BCUT2D eigenvalue weighted by atomic mass is 10.1. The number of aromatic amines is 1. The summed E-state index contributed by atoms with van der Waals surface area (Å²) < 4.78 is 0.717. The van der Waals surface area contributed by atoms with Gasteiger partial charge in [-0.2, -0.15) is 5.10 Å². The van der Waals surface area contributed by atoms with Crippen molar-refractivity contribution in [1.29, 1.82) is 0 Å². The Bertz CT molecular complexity index is 650. The Hall–Kier alpha value is -1.89. The molecule has 0 aliphatic carbocycles. The SMILES string of the molecule is Cc1nc(Br)ccc1NC(=O)c1n[nH]c(C(C)C)c1N. The number of rotatable bonds is 3. The molecule has 2 aromatic rings. The minimum atomic E-state index is -0.349. The standard InChI is InChI=1S/C13H16BrN5O/c1-6(2)11-10(15)12(19-18-11)13(20)17-8-4-5-9(14)16-7(8)3/h4-6H,15H2,1-3H3,(H,17,20)(H,18,19). The van der Waals surface area contributed by atoms with E-state index >= 15 is 0 Å². The summed E-state index contributed by atoms with van der Waals surface area (Å²) >= 11 is 3.28. The van der Waals surface area contributed by atoms with Gasteiger partial charge in [-0.05, 0) is 40.9 Å². The van der Waals surface area contributed by atoms with Crippen LogP contribution in [0, 0.1) is 6.92 Å². The number of aromatic nitrogens is 3. The number of carbonyl (C=O) groups is 1. The number of aryl methyl sites for hydroxylation is 1. The van der Waals surface area contributed by atoms with E-state index in [1.165, 1.54) is 0 Å². The Labute approximate surface area is 125 Å². The van der Waals surface area contributed by atoms with Gasteiger partial charge in [0.1, 0.15) is 4.60 Å². The van der Waals surface area contributed by atoms with Crippen LogP contribution in [-0.2, 0) is 0 Å². The summed E-state index contributed by atoms with van der Waals surface area (Å²) in [5.41, 5.74) is 8.65. The van der Waals surface area contributed by atoms with Crippen molar-refractivity contribution in [2.45, 2.75) is 26.7 Å². The molecule has 2 rings (SSSR count). The second kappa shape index (κ2) is 5.62. The number of H-pyrrole nitrogens is 1. The zero-order valence-corrected chi connectivity index (χ0v) is 13.1. The second-order valence-electron chi connectivity index (χ2n) is 4.78. The van der Waals surface area contributed by atoms with E-state index in [9.17, 15) is 4.79 Å². The Morgan fingerprint density at radius 2 is 2.15 bits per heavy atom. The molecule has 2 aromatic heterocycles. The third-order valence-corrected chi connectivity index (χ3v) is 3.37. The normalized spacial score (nSPS) is 10.8. The maximum Gasteiger partial charge on any atom is 0.278 e. The number of nitrogens with two attached hydrogens (primary N) is 1. The first-order valence-corrected chi connectivity index (χ1v) is 6.97. The van der Waals surface area contributed by atoms with E-state index in [0.29, 0.717) is 17.1 Å². The summed E-state index contributed by atoms with van der Waals surface area (Å²) in [6.45, 7) is 5.77. The van der Waals surface area contributed by atoms with Crippen molar-refractivity contribution < 1.29 is 4.79 Å². The lowest BCUT2D eigenvalue weighted by Gasteiger charge is -2.07. The molecule has 20 heavy (non-hydrogen) atoms. The summed E-state index contributed by atoms with van der Waals surface area (Å²) in [5, 5.41) is 9.56. The molecule has 0 aliphatic rings. The number of hydrogen-bond acceptors (Lipinski definition) is 4. The molecule has 4 N–H and O–H groups in total. The molecule has 7 heteroatoms. The summed E-state index contributed by atoms with van der Waals surface area (Å²) in [6, 6.07) is 3.53. The van der Waals surface area contributed by atoms with Crippen LogP contribution in [0.25, 0.3) is 0 Å². The predicted molar refractivity (Wildman–Crippen MR) is 81.7 cm³/mol. The van der Waals surface area contributed by atoms with E-state index in [2.05, 4.69) is 36.4 Å². The van der Waals surface area contributed by atoms with Crippen LogP contribution in [0.4, 0.5) is 11.4 Å². The maximum atomic E-state index is 12.2. The van der Waals surface area contributed by atoms with Crippen LogP contribution in [0.15, 0.2) is 16.7 Å². The van der Waals surface area contributed by atoms with E-state index in [-0.39, 0.29) is 17.5 Å². The molecule has 0 fully saturated rings. The van der Waals surface area contributed by atoms with Crippen LogP contribution >= 0.6 is 15.9 Å². The fourth-order valence-corrected chi connectivity index (χ4v) is 2.22. The first-order valence-electron chi connectivity index (χ1n) is 6.18. The van der Waals surface area contributed by atoms with Crippen LogP contribution in [0.2, 0.25) is 0 Å². The number of nitrogens with zero attached hydrogens (tertiary/aromatic N) is 2. The number of hydrogen-bond donors (Lipinski definition) is 3. The van der Waals surface area contributed by atoms with Gasteiger partial charge < -0.3 is 11.1 Å². The Morgan fingerprint density at radius 1 is 1.45 bits per heavy atom. The van der Waals surface area contributed by atoms with Crippen LogP contribution in [0.5, 0.6) is 0 Å². The van der Waals surface area contributed by atoms with Gasteiger partial charge in [-0.25, -0.2) is 4.98 Å². The average Bonchev–Trinajstić information content (AvgIpc) is 2.74. The maximum absolute atomic E-state index is 12.2. The minimum absolute atomic E-state index is 0.181. The number of nitrogens with one attached hydrogen (secondary N) is 2. The smallest absolute Gasteiger partial charge is 0.278 e. The molecule has 0 atom stereocenters. The van der Waals surface area contributed by atoms with Gasteiger partial charge in [0.15, 0.2) is 5.69 Å². The van der Waals surface area contributed by atoms with Gasteiger partial charge >= 0.3 is 0 Å². The molecule has 0 spiro atoms. The number of nitrogen functional groups attached to an aromatic ring is 1. The van der Waals surface area contributed by atoms with Crippen LogP contribution in [-0.4, -0.2) is 21.1 Å². The lowest BCUT2D eigenvalue weighted by molar-refractivity contribution is 0.102. The lowest BCUT2D eigenvalue weighted by Crippen LogP contribution is -2.15. The zero-order chi connectivity index (χ0) is 14.9. The van der Waals surface area contributed by atoms with Crippen LogP contribution < -0.4 is 11.1 Å². The molecule has 0 saturated heterocycles. The number of anilines is 2. The predicted octanol–water partition coefficient (Wildman–Crippen LogP) is 2.83. The molecule has 0 radical (unpaired) electrons. The molecule has 6 nitrogen and oxygen atoms in total. The molecular weight excluding hydrogens is 322 g/mol. The molecule has 0 bridgehead atoms. The topological polar surface area (TPSA) is 96.7 Å². The fourth-order valence-electron chi connectivity index (χ4n) is 1.82. The van der Waals surface area contributed by atoms with Crippen molar-refractivity contribution in [2.75, 3.05) is 11.1 Å². The molecule has 0 unspecified atom stereocenters. The molecule has 0 saturated carbocycles. The van der Waals surface area contributed by atoms with Gasteiger partial charge in [0.25, 0.3) is 5.91 Å². The molecule has 106 valence electrons. The summed E-state index contributed by atoms with van der Waals surface area (Å²) in [7, 11) is 0. The van der Waals surface area contributed by atoms with Gasteiger partial charge in [-0.15, -0.1) is 0 Å². The van der Waals surface area contributed by atoms with Crippen molar-refractivity contribution >= 4 is 33.2 Å². The quantitative estimate of drug-likeness (QED) is 0.750. The first-order chi connectivity index (χ1) is 9.40. The monoisotopic (exact) mass is 337 g/mol. The summed E-state index contributed by atoms with van der Waals surface area (Å²) in [4.78, 5) is 16.4. The molecular formula is C13H16BrN5O. The molecule has 1 amide bonds. The molecule has 0 aliphatic heterocycles. The Morgan fingerprint density at radius 3 is 2.70 bits per heavy atom.